The van der Waals surface area contributed by atoms with Gasteiger partial charge in [0.15, 0.2) is 6.10 Å². The van der Waals surface area contributed by atoms with Gasteiger partial charge in [-0.25, -0.2) is 4.79 Å². The predicted molar refractivity (Wildman–Crippen MR) is 60.6 cm³/mol. The van der Waals surface area contributed by atoms with E-state index in [0.717, 1.165) is 12.8 Å². The zero-order valence-electron chi connectivity index (χ0n) is 10.2. The normalized spacial score (nSPS) is 12.9. The fourth-order valence-corrected chi connectivity index (χ4v) is 1.34. The molecule has 0 spiro atoms. The number of rotatable bonds is 8. The topological polar surface area (TPSA) is 46.5 Å². The highest BCUT2D eigenvalue weighted by Gasteiger charge is 2.17. The molecule has 0 aromatic carbocycles. The Bertz CT molecular complexity index is 166. The van der Waals surface area contributed by atoms with Crippen LogP contribution in [0, 0.1) is 5.92 Å². The van der Waals surface area contributed by atoms with Crippen molar-refractivity contribution < 1.29 is 14.6 Å². The van der Waals surface area contributed by atoms with Crippen molar-refractivity contribution >= 4 is 5.97 Å². The molecule has 1 N–H and O–H groups in total. The molecule has 1 atom stereocenters. The second kappa shape index (κ2) is 8.72. The number of unbranched alkanes of at least 4 members (excludes halogenated alkanes) is 3. The first-order valence-electron chi connectivity index (χ1n) is 5.92. The lowest BCUT2D eigenvalue weighted by Crippen LogP contribution is -2.25. The number of hydrogen-bond donors (Lipinski definition) is 1. The number of aliphatic hydroxyl groups excluding tert-OH is 1. The first-order valence-corrected chi connectivity index (χ1v) is 5.92. The van der Waals surface area contributed by atoms with Crippen LogP contribution in [-0.2, 0) is 9.53 Å². The fourth-order valence-electron chi connectivity index (χ4n) is 1.34. The molecular formula is C12H24O3. The number of carbonyl (C=O) groups excluding carboxylic acids is 1. The van der Waals surface area contributed by atoms with Gasteiger partial charge in [0.1, 0.15) is 0 Å². The van der Waals surface area contributed by atoms with Crippen molar-refractivity contribution in [2.75, 3.05) is 6.61 Å². The lowest BCUT2D eigenvalue weighted by atomic mass is 10.1. The maximum atomic E-state index is 11.2. The highest BCUT2D eigenvalue weighted by molar-refractivity contribution is 5.74. The summed E-state index contributed by atoms with van der Waals surface area (Å²) in [5, 5.41) is 9.42. The van der Waals surface area contributed by atoms with E-state index in [-0.39, 0.29) is 0 Å². The first kappa shape index (κ1) is 14.4. The van der Waals surface area contributed by atoms with Gasteiger partial charge in [-0.3, -0.25) is 0 Å². The summed E-state index contributed by atoms with van der Waals surface area (Å²) in [5.74, 6) is -0.159. The number of carbonyl (C=O) groups is 1. The SMILES string of the molecule is CCCCCCOC(=O)C(O)CC(C)C. The van der Waals surface area contributed by atoms with Crippen LogP contribution in [0.3, 0.4) is 0 Å². The summed E-state index contributed by atoms with van der Waals surface area (Å²) >= 11 is 0. The van der Waals surface area contributed by atoms with E-state index in [4.69, 9.17) is 4.74 Å². The molecule has 0 aliphatic carbocycles. The van der Waals surface area contributed by atoms with Crippen molar-refractivity contribution in [3.8, 4) is 0 Å². The van der Waals surface area contributed by atoms with Gasteiger partial charge >= 0.3 is 5.97 Å². The van der Waals surface area contributed by atoms with Crippen molar-refractivity contribution in [2.45, 2.75) is 59.0 Å². The molecule has 0 aliphatic heterocycles. The summed E-state index contributed by atoms with van der Waals surface area (Å²) in [6.07, 6.45) is 3.86. The van der Waals surface area contributed by atoms with Crippen LogP contribution in [0.2, 0.25) is 0 Å². The summed E-state index contributed by atoms with van der Waals surface area (Å²) in [4.78, 5) is 11.2. The average molecular weight is 216 g/mol. The van der Waals surface area contributed by atoms with Gasteiger partial charge in [0.05, 0.1) is 6.61 Å². The van der Waals surface area contributed by atoms with Crippen LogP contribution in [0.5, 0.6) is 0 Å². The average Bonchev–Trinajstić information content (AvgIpc) is 2.16. The maximum absolute atomic E-state index is 11.2. The Morgan fingerprint density at radius 1 is 1.27 bits per heavy atom. The summed E-state index contributed by atoms with van der Waals surface area (Å²) < 4.78 is 4.96. The third-order valence-corrected chi connectivity index (χ3v) is 2.21. The van der Waals surface area contributed by atoms with E-state index in [9.17, 15) is 9.90 Å². The molecule has 0 aromatic heterocycles. The minimum Gasteiger partial charge on any atom is -0.464 e. The minimum atomic E-state index is -0.948. The van der Waals surface area contributed by atoms with E-state index in [0.29, 0.717) is 18.9 Å². The van der Waals surface area contributed by atoms with E-state index in [1.165, 1.54) is 12.8 Å². The molecule has 3 heteroatoms. The Hall–Kier alpha value is -0.570. The van der Waals surface area contributed by atoms with Crippen molar-refractivity contribution in [1.82, 2.24) is 0 Å². The molecule has 15 heavy (non-hydrogen) atoms. The second-order valence-corrected chi connectivity index (χ2v) is 4.37. The van der Waals surface area contributed by atoms with Crippen LogP contribution in [0.1, 0.15) is 52.9 Å². The Morgan fingerprint density at radius 3 is 2.47 bits per heavy atom. The van der Waals surface area contributed by atoms with Gasteiger partial charge < -0.3 is 9.84 Å². The number of esters is 1. The zero-order chi connectivity index (χ0) is 11.7. The summed E-state index contributed by atoms with van der Waals surface area (Å²) in [6.45, 7) is 6.52. The minimum absolute atomic E-state index is 0.313. The van der Waals surface area contributed by atoms with Gasteiger partial charge in [0, 0.05) is 0 Å². The van der Waals surface area contributed by atoms with Gasteiger partial charge in [0.2, 0.25) is 0 Å². The van der Waals surface area contributed by atoms with Gasteiger partial charge in [-0.1, -0.05) is 40.0 Å². The van der Waals surface area contributed by atoms with Crippen LogP contribution in [-0.4, -0.2) is 23.8 Å². The van der Waals surface area contributed by atoms with E-state index in [2.05, 4.69) is 6.92 Å². The first-order chi connectivity index (χ1) is 7.07. The Balaban J connectivity index is 3.47. The number of hydrogen-bond acceptors (Lipinski definition) is 3. The third kappa shape index (κ3) is 8.43. The zero-order valence-corrected chi connectivity index (χ0v) is 10.2. The number of ether oxygens (including phenoxy) is 1. The molecule has 0 saturated heterocycles. The van der Waals surface area contributed by atoms with E-state index >= 15 is 0 Å². The van der Waals surface area contributed by atoms with Crippen molar-refractivity contribution in [2.24, 2.45) is 5.92 Å². The van der Waals surface area contributed by atoms with Gasteiger partial charge in [-0.05, 0) is 18.8 Å². The van der Waals surface area contributed by atoms with Crippen LogP contribution >= 0.6 is 0 Å². The highest BCUT2D eigenvalue weighted by Crippen LogP contribution is 2.06. The van der Waals surface area contributed by atoms with Gasteiger partial charge in [-0.2, -0.15) is 0 Å². The second-order valence-electron chi connectivity index (χ2n) is 4.37. The Morgan fingerprint density at radius 2 is 1.93 bits per heavy atom. The number of aliphatic hydroxyl groups is 1. The maximum Gasteiger partial charge on any atom is 0.334 e. The monoisotopic (exact) mass is 216 g/mol. The van der Waals surface area contributed by atoms with E-state index in [1.807, 2.05) is 13.8 Å². The van der Waals surface area contributed by atoms with Crippen molar-refractivity contribution in [3.63, 3.8) is 0 Å². The summed E-state index contributed by atoms with van der Waals surface area (Å²) in [6, 6.07) is 0. The predicted octanol–water partition coefficient (Wildman–Crippen LogP) is 2.52. The fraction of sp³-hybridized carbons (Fsp3) is 0.917. The summed E-state index contributed by atoms with van der Waals surface area (Å²) in [5.41, 5.74) is 0. The quantitative estimate of drug-likeness (QED) is 0.501. The van der Waals surface area contributed by atoms with Crippen LogP contribution in [0.25, 0.3) is 0 Å². The molecule has 0 heterocycles. The molecule has 0 aromatic rings. The van der Waals surface area contributed by atoms with Gasteiger partial charge in [0.25, 0.3) is 0 Å². The third-order valence-electron chi connectivity index (χ3n) is 2.21. The van der Waals surface area contributed by atoms with Crippen LogP contribution in [0.4, 0.5) is 0 Å². The standard InChI is InChI=1S/C12H24O3/c1-4-5-6-7-8-15-12(14)11(13)9-10(2)3/h10-11,13H,4-9H2,1-3H3. The van der Waals surface area contributed by atoms with Crippen LogP contribution < -0.4 is 0 Å². The molecular weight excluding hydrogens is 192 g/mol. The molecule has 0 amide bonds. The van der Waals surface area contributed by atoms with E-state index in [1.54, 1.807) is 0 Å². The van der Waals surface area contributed by atoms with Gasteiger partial charge in [-0.15, -0.1) is 0 Å². The van der Waals surface area contributed by atoms with Crippen LogP contribution in [0.15, 0.2) is 0 Å². The lowest BCUT2D eigenvalue weighted by Gasteiger charge is -2.12. The summed E-state index contributed by atoms with van der Waals surface area (Å²) in [7, 11) is 0. The largest absolute Gasteiger partial charge is 0.464 e. The molecule has 0 saturated carbocycles. The van der Waals surface area contributed by atoms with E-state index < -0.39 is 12.1 Å². The molecule has 0 aliphatic rings. The molecule has 0 fully saturated rings. The lowest BCUT2D eigenvalue weighted by molar-refractivity contribution is -0.154. The molecule has 90 valence electrons. The van der Waals surface area contributed by atoms with Crippen molar-refractivity contribution in [1.29, 1.82) is 0 Å². The molecule has 0 radical (unpaired) electrons. The molecule has 0 bridgehead atoms. The molecule has 0 rings (SSSR count). The Labute approximate surface area is 92.8 Å². The van der Waals surface area contributed by atoms with Crippen molar-refractivity contribution in [3.05, 3.63) is 0 Å². The molecule has 1 unspecified atom stereocenters. The highest BCUT2D eigenvalue weighted by atomic mass is 16.5. The Kier molecular flexibility index (Phi) is 8.38. The smallest absolute Gasteiger partial charge is 0.334 e. The molecule has 3 nitrogen and oxygen atoms in total.